The number of rotatable bonds is 3. The van der Waals surface area contributed by atoms with Gasteiger partial charge in [-0.1, -0.05) is 17.7 Å². The number of ether oxygens (including phenoxy) is 1. The third-order valence-electron chi connectivity index (χ3n) is 4.66. The van der Waals surface area contributed by atoms with E-state index in [4.69, 9.17) is 4.74 Å². The van der Waals surface area contributed by atoms with Crippen LogP contribution in [0, 0.1) is 19.3 Å². The molecule has 0 spiro atoms. The monoisotopic (exact) mass is 388 g/mol. The Balaban J connectivity index is 1.96. The van der Waals surface area contributed by atoms with E-state index in [1.54, 1.807) is 44.3 Å². The molecule has 2 aromatic rings. The molecule has 0 aromatic heterocycles. The van der Waals surface area contributed by atoms with Gasteiger partial charge >= 0.3 is 0 Å². The van der Waals surface area contributed by atoms with E-state index in [9.17, 15) is 13.2 Å². The summed E-state index contributed by atoms with van der Waals surface area (Å²) in [4.78, 5) is 14.4. The molecule has 6 nitrogen and oxygen atoms in total. The second kappa shape index (κ2) is 6.56. The van der Waals surface area contributed by atoms with Crippen LogP contribution in [0.3, 0.4) is 0 Å². The summed E-state index contributed by atoms with van der Waals surface area (Å²) < 4.78 is 34.0. The Bertz CT molecular complexity index is 1010. The highest BCUT2D eigenvalue weighted by atomic mass is 32.2. The summed E-state index contributed by atoms with van der Waals surface area (Å²) in [5.41, 5.74) is 1.92. The van der Waals surface area contributed by atoms with Crippen LogP contribution in [0.5, 0.6) is 5.75 Å². The highest BCUT2D eigenvalue weighted by Crippen LogP contribution is 2.37. The Kier molecular flexibility index (Phi) is 4.67. The van der Waals surface area contributed by atoms with Crippen molar-refractivity contribution in [2.75, 3.05) is 23.3 Å². The number of aryl methyl sites for hydroxylation is 2. The van der Waals surface area contributed by atoms with Crippen LogP contribution in [0.4, 0.5) is 11.4 Å². The molecule has 0 atom stereocenters. The van der Waals surface area contributed by atoms with Gasteiger partial charge in [-0.2, -0.15) is 0 Å². The smallest absolute Gasteiger partial charge is 0.262 e. The first kappa shape index (κ1) is 19.2. The number of hydrogen-bond donors (Lipinski definition) is 1. The third kappa shape index (κ3) is 3.64. The quantitative estimate of drug-likeness (QED) is 0.873. The summed E-state index contributed by atoms with van der Waals surface area (Å²) in [6, 6.07) is 10.1. The molecule has 3 rings (SSSR count). The molecular formula is C20H24N2O4S. The van der Waals surface area contributed by atoms with Crippen molar-refractivity contribution in [1.29, 1.82) is 0 Å². The van der Waals surface area contributed by atoms with E-state index < -0.39 is 15.4 Å². The summed E-state index contributed by atoms with van der Waals surface area (Å²) in [6.45, 7) is 7.58. The predicted molar refractivity (Wildman–Crippen MR) is 106 cm³/mol. The molecular weight excluding hydrogens is 364 g/mol. The van der Waals surface area contributed by atoms with Gasteiger partial charge in [-0.05, 0) is 57.5 Å². The highest BCUT2D eigenvalue weighted by molar-refractivity contribution is 7.92. The van der Waals surface area contributed by atoms with E-state index in [2.05, 4.69) is 4.72 Å². The molecule has 1 aliphatic rings. The number of hydrogen-bond acceptors (Lipinski definition) is 4. The fraction of sp³-hybridized carbons (Fsp3) is 0.350. The SMILES string of the molecule is Cc1ccc(S(=O)(=O)Nc2ccc3c(c2)N(C)C(=O)C(C)(C)CO3)c(C)c1. The van der Waals surface area contributed by atoms with Crippen LogP contribution in [-0.4, -0.2) is 28.0 Å². The lowest BCUT2D eigenvalue weighted by Crippen LogP contribution is -2.39. The first-order chi connectivity index (χ1) is 12.5. The zero-order chi connectivity index (χ0) is 20.0. The van der Waals surface area contributed by atoms with E-state index in [0.29, 0.717) is 22.7 Å². The lowest BCUT2D eigenvalue weighted by molar-refractivity contribution is -0.127. The largest absolute Gasteiger partial charge is 0.490 e. The molecule has 1 amide bonds. The fourth-order valence-corrected chi connectivity index (χ4v) is 4.44. The minimum absolute atomic E-state index is 0.0874. The number of nitrogens with one attached hydrogen (secondary N) is 1. The van der Waals surface area contributed by atoms with Crippen LogP contribution in [0.15, 0.2) is 41.3 Å². The molecule has 144 valence electrons. The van der Waals surface area contributed by atoms with Crippen molar-refractivity contribution in [3.05, 3.63) is 47.5 Å². The van der Waals surface area contributed by atoms with E-state index in [0.717, 1.165) is 5.56 Å². The van der Waals surface area contributed by atoms with Crippen molar-refractivity contribution in [2.45, 2.75) is 32.6 Å². The first-order valence-electron chi connectivity index (χ1n) is 8.66. The fourth-order valence-electron chi connectivity index (χ4n) is 3.16. The average Bonchev–Trinajstić information content (AvgIpc) is 2.65. The molecule has 0 saturated heterocycles. The Labute approximate surface area is 160 Å². The Morgan fingerprint density at radius 1 is 1.11 bits per heavy atom. The number of sulfonamides is 1. The van der Waals surface area contributed by atoms with Gasteiger partial charge in [0.25, 0.3) is 10.0 Å². The number of carbonyl (C=O) groups excluding carboxylic acids is 1. The molecule has 1 aliphatic heterocycles. The summed E-state index contributed by atoms with van der Waals surface area (Å²) >= 11 is 0. The molecule has 0 bridgehead atoms. The van der Waals surface area contributed by atoms with Gasteiger partial charge < -0.3 is 9.64 Å². The first-order valence-corrected chi connectivity index (χ1v) is 10.1. The normalized spacial score (nSPS) is 16.3. The molecule has 2 aromatic carbocycles. The standard InChI is InChI=1S/C20H24N2O4S/c1-13-6-9-18(14(2)10-13)27(24,25)21-15-7-8-17-16(11-15)22(5)19(23)20(3,4)12-26-17/h6-11,21H,12H2,1-5H3. The molecule has 0 fully saturated rings. The molecule has 0 saturated carbocycles. The Morgan fingerprint density at radius 3 is 2.48 bits per heavy atom. The van der Waals surface area contributed by atoms with Crippen LogP contribution in [0.2, 0.25) is 0 Å². The molecule has 7 heteroatoms. The van der Waals surface area contributed by atoms with Gasteiger partial charge in [0.2, 0.25) is 5.91 Å². The van der Waals surface area contributed by atoms with Crippen LogP contribution in [0.1, 0.15) is 25.0 Å². The summed E-state index contributed by atoms with van der Waals surface area (Å²) in [6.07, 6.45) is 0. The van der Waals surface area contributed by atoms with Crippen molar-refractivity contribution < 1.29 is 17.9 Å². The van der Waals surface area contributed by atoms with Gasteiger partial charge in [-0.15, -0.1) is 0 Å². The van der Waals surface area contributed by atoms with Gasteiger partial charge in [-0.3, -0.25) is 9.52 Å². The average molecular weight is 388 g/mol. The number of nitrogens with zero attached hydrogens (tertiary/aromatic N) is 1. The van der Waals surface area contributed by atoms with Crippen molar-refractivity contribution >= 4 is 27.3 Å². The molecule has 0 aliphatic carbocycles. The number of anilines is 2. The molecule has 0 unspecified atom stereocenters. The van der Waals surface area contributed by atoms with E-state index in [1.807, 2.05) is 26.8 Å². The van der Waals surface area contributed by atoms with Crippen LogP contribution in [0.25, 0.3) is 0 Å². The molecule has 1 N–H and O–H groups in total. The van der Waals surface area contributed by atoms with E-state index >= 15 is 0 Å². The number of amides is 1. The second-order valence-electron chi connectivity index (χ2n) is 7.59. The number of fused-ring (bicyclic) bond motifs is 1. The summed E-state index contributed by atoms with van der Waals surface area (Å²) in [5, 5.41) is 0. The summed E-state index contributed by atoms with van der Waals surface area (Å²) in [7, 11) is -2.08. The van der Waals surface area contributed by atoms with Gasteiger partial charge in [0.15, 0.2) is 0 Å². The molecule has 1 heterocycles. The van der Waals surface area contributed by atoms with Gasteiger partial charge in [0, 0.05) is 7.05 Å². The van der Waals surface area contributed by atoms with E-state index in [1.165, 1.54) is 4.90 Å². The minimum Gasteiger partial charge on any atom is -0.490 e. The van der Waals surface area contributed by atoms with Crippen molar-refractivity contribution in [3.63, 3.8) is 0 Å². The molecule has 0 radical (unpaired) electrons. The topological polar surface area (TPSA) is 75.7 Å². The van der Waals surface area contributed by atoms with E-state index in [-0.39, 0.29) is 17.4 Å². The van der Waals surface area contributed by atoms with Crippen molar-refractivity contribution in [3.8, 4) is 5.75 Å². The molecule has 27 heavy (non-hydrogen) atoms. The third-order valence-corrected chi connectivity index (χ3v) is 6.21. The zero-order valence-electron chi connectivity index (χ0n) is 16.2. The minimum atomic E-state index is -3.74. The lowest BCUT2D eigenvalue weighted by atomic mass is 9.93. The number of benzene rings is 2. The highest BCUT2D eigenvalue weighted by Gasteiger charge is 2.36. The maximum Gasteiger partial charge on any atom is 0.262 e. The van der Waals surface area contributed by atoms with Gasteiger partial charge in [0.05, 0.1) is 21.7 Å². The van der Waals surface area contributed by atoms with Crippen LogP contribution >= 0.6 is 0 Å². The number of carbonyl (C=O) groups is 1. The van der Waals surface area contributed by atoms with Crippen LogP contribution < -0.4 is 14.4 Å². The summed E-state index contributed by atoms with van der Waals surface area (Å²) in [5.74, 6) is 0.460. The Hall–Kier alpha value is -2.54. The lowest BCUT2D eigenvalue weighted by Gasteiger charge is -2.24. The second-order valence-corrected chi connectivity index (χ2v) is 9.24. The van der Waals surface area contributed by atoms with Crippen molar-refractivity contribution in [1.82, 2.24) is 0 Å². The maximum atomic E-state index is 12.8. The van der Waals surface area contributed by atoms with Crippen molar-refractivity contribution in [2.24, 2.45) is 5.41 Å². The van der Waals surface area contributed by atoms with Crippen LogP contribution in [-0.2, 0) is 14.8 Å². The Morgan fingerprint density at radius 2 is 1.81 bits per heavy atom. The van der Waals surface area contributed by atoms with Gasteiger partial charge in [0.1, 0.15) is 12.4 Å². The zero-order valence-corrected chi connectivity index (χ0v) is 17.0. The maximum absolute atomic E-state index is 12.8. The van der Waals surface area contributed by atoms with Gasteiger partial charge in [-0.25, -0.2) is 8.42 Å². The predicted octanol–water partition coefficient (Wildman–Crippen LogP) is 3.49.